The Hall–Kier alpha value is -2.27. The summed E-state index contributed by atoms with van der Waals surface area (Å²) in [5.41, 5.74) is 5.02. The molecule has 0 N–H and O–H groups in total. The molecule has 5 heteroatoms. The van der Waals surface area contributed by atoms with Gasteiger partial charge in [0.05, 0.1) is 11.1 Å². The van der Waals surface area contributed by atoms with E-state index in [4.69, 9.17) is 0 Å². The van der Waals surface area contributed by atoms with Gasteiger partial charge < -0.3 is 0 Å². The van der Waals surface area contributed by atoms with Crippen molar-refractivity contribution in [3.05, 3.63) is 48.4 Å². The van der Waals surface area contributed by atoms with E-state index in [1.165, 1.54) is 26.5 Å². The Morgan fingerprint density at radius 2 is 2.26 bits per heavy atom. The molecule has 0 fully saturated rings. The average molecular weight is 265 g/mol. The SMILES string of the molecule is c1cnn2c(c1)cc1c2sc2[n+]1Cc1ccncc1-2. The lowest BCUT2D eigenvalue weighted by Gasteiger charge is -1.90. The molecule has 0 radical (unpaired) electrons. The molecule has 4 nitrogen and oxygen atoms in total. The minimum Gasteiger partial charge on any atom is -0.264 e. The van der Waals surface area contributed by atoms with Crippen LogP contribution in [-0.4, -0.2) is 14.6 Å². The molecule has 0 saturated heterocycles. The van der Waals surface area contributed by atoms with Gasteiger partial charge in [-0.05, 0) is 29.5 Å². The highest BCUT2D eigenvalue weighted by atomic mass is 32.1. The van der Waals surface area contributed by atoms with E-state index >= 15 is 0 Å². The molecule has 19 heavy (non-hydrogen) atoms. The Morgan fingerprint density at radius 3 is 3.26 bits per heavy atom. The molecule has 4 aromatic heterocycles. The van der Waals surface area contributed by atoms with Gasteiger partial charge in [-0.15, -0.1) is 0 Å². The Labute approximate surface area is 112 Å². The molecule has 0 aliphatic carbocycles. The molecule has 0 bridgehead atoms. The van der Waals surface area contributed by atoms with Crippen molar-refractivity contribution in [1.29, 1.82) is 0 Å². The largest absolute Gasteiger partial charge is 0.274 e. The number of thiazole rings is 1. The van der Waals surface area contributed by atoms with Crippen molar-refractivity contribution < 1.29 is 4.57 Å². The first-order valence-electron chi connectivity index (χ1n) is 6.14. The quantitative estimate of drug-likeness (QED) is 0.402. The number of pyridine rings is 1. The molecular weight excluding hydrogens is 256 g/mol. The lowest BCUT2D eigenvalue weighted by molar-refractivity contribution is -0.641. The van der Waals surface area contributed by atoms with Crippen LogP contribution in [0, 0.1) is 0 Å². The lowest BCUT2D eigenvalue weighted by Crippen LogP contribution is -2.29. The molecule has 0 saturated carbocycles. The third-order valence-electron chi connectivity index (χ3n) is 3.68. The fourth-order valence-corrected chi connectivity index (χ4v) is 4.06. The minimum atomic E-state index is 0.935. The van der Waals surface area contributed by atoms with Crippen LogP contribution in [0.1, 0.15) is 5.56 Å². The van der Waals surface area contributed by atoms with Crippen molar-refractivity contribution in [3.8, 4) is 10.6 Å². The van der Waals surface area contributed by atoms with Gasteiger partial charge in [0.1, 0.15) is 0 Å². The Bertz CT molecular complexity index is 951. The second-order valence-corrected chi connectivity index (χ2v) is 5.70. The van der Waals surface area contributed by atoms with Crippen molar-refractivity contribution in [3.63, 3.8) is 0 Å². The summed E-state index contributed by atoms with van der Waals surface area (Å²) in [5.74, 6) is 0. The van der Waals surface area contributed by atoms with Crippen LogP contribution in [0.15, 0.2) is 42.9 Å². The van der Waals surface area contributed by atoms with Gasteiger partial charge in [-0.1, -0.05) is 0 Å². The van der Waals surface area contributed by atoms with Crippen molar-refractivity contribution >= 4 is 27.2 Å². The molecule has 5 heterocycles. The zero-order valence-corrected chi connectivity index (χ0v) is 10.8. The molecule has 1 aliphatic heterocycles. The van der Waals surface area contributed by atoms with Gasteiger partial charge in [0.15, 0.2) is 11.4 Å². The summed E-state index contributed by atoms with van der Waals surface area (Å²) in [6.45, 7) is 0.935. The van der Waals surface area contributed by atoms with Gasteiger partial charge in [0.2, 0.25) is 5.52 Å². The standard InChI is InChI=1S/C14H9N4S/c1-2-10-6-12-14(18(10)16-4-1)19-13-11-7-15-5-3-9(11)8-17(12)13/h1-7H,8H2/q+1. The summed E-state index contributed by atoms with van der Waals surface area (Å²) in [7, 11) is 0. The van der Waals surface area contributed by atoms with Gasteiger partial charge in [-0.25, -0.2) is 4.52 Å². The number of aromatic nitrogens is 4. The van der Waals surface area contributed by atoms with E-state index in [1.807, 2.05) is 29.2 Å². The van der Waals surface area contributed by atoms with Crippen LogP contribution in [0.25, 0.3) is 26.4 Å². The third-order valence-corrected chi connectivity index (χ3v) is 4.88. The van der Waals surface area contributed by atoms with Gasteiger partial charge in [0.25, 0.3) is 5.01 Å². The Kier molecular flexibility index (Phi) is 1.62. The van der Waals surface area contributed by atoms with Gasteiger partial charge >= 0.3 is 0 Å². The van der Waals surface area contributed by atoms with E-state index in [2.05, 4.69) is 32.8 Å². The van der Waals surface area contributed by atoms with E-state index in [1.54, 1.807) is 11.3 Å². The Morgan fingerprint density at radius 1 is 1.26 bits per heavy atom. The van der Waals surface area contributed by atoms with Crippen LogP contribution in [0.4, 0.5) is 0 Å². The highest BCUT2D eigenvalue weighted by molar-refractivity contribution is 7.20. The smallest absolute Gasteiger partial charge is 0.264 e. The maximum absolute atomic E-state index is 4.44. The fraction of sp³-hybridized carbons (Fsp3) is 0.0714. The molecule has 0 atom stereocenters. The number of rotatable bonds is 0. The summed E-state index contributed by atoms with van der Waals surface area (Å²) < 4.78 is 4.38. The normalized spacial score (nSPS) is 13.1. The first-order chi connectivity index (χ1) is 9.42. The highest BCUT2D eigenvalue weighted by Crippen LogP contribution is 2.35. The summed E-state index contributed by atoms with van der Waals surface area (Å²) in [4.78, 5) is 5.45. The maximum atomic E-state index is 4.44. The van der Waals surface area contributed by atoms with Gasteiger partial charge in [0, 0.05) is 30.2 Å². The first-order valence-corrected chi connectivity index (χ1v) is 6.96. The number of hydrogen-bond donors (Lipinski definition) is 0. The first kappa shape index (κ1) is 9.63. The number of nitrogens with zero attached hydrogens (tertiary/aromatic N) is 4. The zero-order chi connectivity index (χ0) is 12.4. The monoisotopic (exact) mass is 265 g/mol. The van der Waals surface area contributed by atoms with E-state index in [0.717, 1.165) is 12.1 Å². The van der Waals surface area contributed by atoms with Crippen molar-refractivity contribution in [2.24, 2.45) is 0 Å². The third kappa shape index (κ3) is 1.11. The van der Waals surface area contributed by atoms with E-state index in [-0.39, 0.29) is 0 Å². The van der Waals surface area contributed by atoms with Crippen LogP contribution in [-0.2, 0) is 6.54 Å². The number of fused-ring (bicyclic) bond motifs is 7. The van der Waals surface area contributed by atoms with E-state index in [9.17, 15) is 0 Å². The molecule has 4 aromatic rings. The lowest BCUT2D eigenvalue weighted by atomic mass is 10.2. The topological polar surface area (TPSA) is 34.1 Å². The van der Waals surface area contributed by atoms with Crippen LogP contribution >= 0.6 is 11.3 Å². The molecule has 0 unspecified atom stereocenters. The second-order valence-electron chi connectivity index (χ2n) is 4.72. The molecule has 1 aliphatic rings. The molecule has 5 rings (SSSR count). The van der Waals surface area contributed by atoms with Gasteiger partial charge in [-0.3, -0.25) is 4.98 Å². The van der Waals surface area contributed by atoms with E-state index < -0.39 is 0 Å². The van der Waals surface area contributed by atoms with Crippen molar-refractivity contribution in [2.75, 3.05) is 0 Å². The zero-order valence-electron chi connectivity index (χ0n) is 9.95. The molecule has 0 amide bonds. The summed E-state index contributed by atoms with van der Waals surface area (Å²) in [6, 6.07) is 8.38. The number of hydrogen-bond acceptors (Lipinski definition) is 3. The average Bonchev–Trinajstić information content (AvgIpc) is 3.07. The fourth-order valence-electron chi connectivity index (χ4n) is 2.80. The molecule has 0 aromatic carbocycles. The van der Waals surface area contributed by atoms with Crippen molar-refractivity contribution in [1.82, 2.24) is 14.6 Å². The highest BCUT2D eigenvalue weighted by Gasteiger charge is 2.33. The molecule has 90 valence electrons. The van der Waals surface area contributed by atoms with Crippen molar-refractivity contribution in [2.45, 2.75) is 6.54 Å². The predicted molar refractivity (Wildman–Crippen MR) is 73.1 cm³/mol. The van der Waals surface area contributed by atoms with Crippen LogP contribution in [0.2, 0.25) is 0 Å². The minimum absolute atomic E-state index is 0.935. The van der Waals surface area contributed by atoms with E-state index in [0.29, 0.717) is 0 Å². The molecular formula is C14H9N4S+. The predicted octanol–water partition coefficient (Wildman–Crippen LogP) is 2.26. The Balaban J connectivity index is 1.93. The van der Waals surface area contributed by atoms with Crippen LogP contribution in [0.3, 0.4) is 0 Å². The van der Waals surface area contributed by atoms with Crippen LogP contribution in [0.5, 0.6) is 0 Å². The summed E-state index contributed by atoms with van der Waals surface area (Å²) >= 11 is 1.79. The second kappa shape index (κ2) is 3.19. The van der Waals surface area contributed by atoms with Gasteiger partial charge in [-0.2, -0.15) is 9.67 Å². The van der Waals surface area contributed by atoms with Crippen LogP contribution < -0.4 is 4.57 Å². The molecule has 0 spiro atoms. The maximum Gasteiger partial charge on any atom is 0.274 e. The summed E-state index contributed by atoms with van der Waals surface area (Å²) in [6.07, 6.45) is 5.66. The summed E-state index contributed by atoms with van der Waals surface area (Å²) in [5, 5.41) is 5.72.